The van der Waals surface area contributed by atoms with E-state index in [1.165, 1.54) is 23.1 Å². The summed E-state index contributed by atoms with van der Waals surface area (Å²) in [5.41, 5.74) is 0.184. The predicted octanol–water partition coefficient (Wildman–Crippen LogP) is 6.78. The van der Waals surface area contributed by atoms with Crippen LogP contribution < -0.4 is 15.8 Å². The summed E-state index contributed by atoms with van der Waals surface area (Å²) in [6.45, 7) is 11.9. The molecule has 10 nitrogen and oxygen atoms in total. The second kappa shape index (κ2) is 13.7. The van der Waals surface area contributed by atoms with Gasteiger partial charge in [-0.15, -0.1) is 0 Å². The van der Waals surface area contributed by atoms with Gasteiger partial charge < -0.3 is 19.5 Å². The number of rotatable bonds is 11. The van der Waals surface area contributed by atoms with Crippen molar-refractivity contribution < 1.29 is 22.4 Å². The Balaban J connectivity index is 1.65. The number of hydrogen-bond acceptors (Lipinski definition) is 8. The lowest BCUT2D eigenvalue weighted by Gasteiger charge is -2.37. The first-order chi connectivity index (χ1) is 22.2. The fourth-order valence-electron chi connectivity index (χ4n) is 4.70. The number of hydrogen-bond donors (Lipinski definition) is 1. The first-order valence-corrected chi connectivity index (χ1v) is 18.5. The number of amides is 1. The molecule has 2 aromatic heterocycles. The number of anilines is 3. The molecule has 0 radical (unpaired) electrons. The van der Waals surface area contributed by atoms with Crippen LogP contribution in [0.5, 0.6) is 0 Å². The van der Waals surface area contributed by atoms with Crippen molar-refractivity contribution in [2.24, 2.45) is 0 Å². The molecule has 0 unspecified atom stereocenters. The number of carbonyl (C=O) groups excluding carboxylic acids is 1. The SMILES string of the molecule is Cc1nc(N[C@H](C)c2cccc(C(F)(F)CO[Si](C)(C)C(C)(C)C)c2F)c2cc(N(C)c3ccc(=O)n(CC(=O)N(C)C)n3)ccc2n1. The van der Waals surface area contributed by atoms with Crippen molar-refractivity contribution in [1.29, 1.82) is 0 Å². The number of nitrogens with zero attached hydrogens (tertiary/aromatic N) is 6. The van der Waals surface area contributed by atoms with Gasteiger partial charge in [0, 0.05) is 43.8 Å². The van der Waals surface area contributed by atoms with E-state index in [0.717, 1.165) is 10.7 Å². The highest BCUT2D eigenvalue weighted by atomic mass is 28.4. The monoisotopic (exact) mass is 683 g/mol. The molecule has 0 saturated heterocycles. The van der Waals surface area contributed by atoms with Gasteiger partial charge >= 0.3 is 0 Å². The van der Waals surface area contributed by atoms with Gasteiger partial charge in [0.15, 0.2) is 14.1 Å². The topological polar surface area (TPSA) is 105 Å². The van der Waals surface area contributed by atoms with Crippen LogP contribution in [-0.2, 0) is 21.7 Å². The number of aryl methyl sites for hydroxylation is 1. The van der Waals surface area contributed by atoms with Crippen LogP contribution in [0.25, 0.3) is 10.9 Å². The van der Waals surface area contributed by atoms with E-state index in [0.29, 0.717) is 34.1 Å². The van der Waals surface area contributed by atoms with Gasteiger partial charge in [0.2, 0.25) is 5.91 Å². The molecule has 48 heavy (non-hydrogen) atoms. The molecule has 4 rings (SSSR count). The van der Waals surface area contributed by atoms with E-state index >= 15 is 13.2 Å². The van der Waals surface area contributed by atoms with Crippen molar-refractivity contribution >= 4 is 42.5 Å². The van der Waals surface area contributed by atoms with Crippen LogP contribution in [0.4, 0.5) is 30.5 Å². The normalized spacial score (nSPS) is 13.0. The Morgan fingerprint density at radius 3 is 2.40 bits per heavy atom. The predicted molar refractivity (Wildman–Crippen MR) is 185 cm³/mol. The number of fused-ring (bicyclic) bond motifs is 1. The Hall–Kier alpha value is -4.30. The molecule has 258 valence electrons. The Morgan fingerprint density at radius 2 is 1.75 bits per heavy atom. The summed E-state index contributed by atoms with van der Waals surface area (Å²) in [6.07, 6.45) is 0. The zero-order valence-corrected chi connectivity index (χ0v) is 30.2. The van der Waals surface area contributed by atoms with Crippen molar-refractivity contribution in [3.8, 4) is 0 Å². The third kappa shape index (κ3) is 7.87. The van der Waals surface area contributed by atoms with E-state index in [1.807, 2.05) is 46.0 Å². The van der Waals surface area contributed by atoms with Gasteiger partial charge in [-0.05, 0) is 62.3 Å². The minimum Gasteiger partial charge on any atom is -0.410 e. The van der Waals surface area contributed by atoms with Gasteiger partial charge in [-0.3, -0.25) is 9.59 Å². The van der Waals surface area contributed by atoms with Crippen LogP contribution in [0.1, 0.15) is 50.7 Å². The van der Waals surface area contributed by atoms with Gasteiger partial charge in [0.05, 0.1) is 17.1 Å². The number of halogens is 3. The van der Waals surface area contributed by atoms with Crippen LogP contribution in [0.3, 0.4) is 0 Å². The zero-order valence-electron chi connectivity index (χ0n) is 29.2. The molecule has 4 aromatic rings. The maximum atomic E-state index is 15.9. The minimum absolute atomic E-state index is 0.0518. The molecule has 2 heterocycles. The molecular weight excluding hydrogens is 640 g/mol. The second-order valence-corrected chi connectivity index (χ2v) is 18.5. The highest BCUT2D eigenvalue weighted by Crippen LogP contribution is 2.40. The molecule has 0 aliphatic rings. The number of likely N-dealkylation sites (N-methyl/N-ethyl adjacent to an activating group) is 1. The van der Waals surface area contributed by atoms with Gasteiger partial charge in [-0.25, -0.2) is 19.0 Å². The smallest absolute Gasteiger partial charge is 0.297 e. The van der Waals surface area contributed by atoms with Gasteiger partial charge in [0.1, 0.15) is 30.6 Å². The fraction of sp³-hybridized carbons (Fsp3) is 0.441. The summed E-state index contributed by atoms with van der Waals surface area (Å²) in [6, 6.07) is 11.6. The number of carbonyl (C=O) groups is 1. The van der Waals surface area contributed by atoms with E-state index in [2.05, 4.69) is 20.4 Å². The molecular formula is C34H44F3N7O3Si. The maximum absolute atomic E-state index is 15.9. The number of nitrogens with one attached hydrogen (secondary N) is 1. The van der Waals surface area contributed by atoms with E-state index < -0.39 is 43.8 Å². The van der Waals surface area contributed by atoms with Gasteiger partial charge in [0.25, 0.3) is 11.5 Å². The quantitative estimate of drug-likeness (QED) is 0.173. The van der Waals surface area contributed by atoms with E-state index in [-0.39, 0.29) is 23.1 Å². The molecule has 1 atom stereocenters. The van der Waals surface area contributed by atoms with Crippen LogP contribution in [0.2, 0.25) is 18.1 Å². The number of aromatic nitrogens is 4. The lowest BCUT2D eigenvalue weighted by Crippen LogP contribution is -2.43. The molecule has 14 heteroatoms. The van der Waals surface area contributed by atoms with E-state index in [9.17, 15) is 9.59 Å². The summed E-state index contributed by atoms with van der Waals surface area (Å²) >= 11 is 0. The van der Waals surface area contributed by atoms with Crippen LogP contribution in [0.15, 0.2) is 53.3 Å². The fourth-order valence-corrected chi connectivity index (χ4v) is 5.67. The third-order valence-corrected chi connectivity index (χ3v) is 13.3. The summed E-state index contributed by atoms with van der Waals surface area (Å²) in [4.78, 5) is 36.8. The first kappa shape index (κ1) is 36.5. The summed E-state index contributed by atoms with van der Waals surface area (Å²) in [7, 11) is 2.45. The largest absolute Gasteiger partial charge is 0.410 e. The highest BCUT2D eigenvalue weighted by Gasteiger charge is 2.43. The molecule has 2 aromatic carbocycles. The average molecular weight is 684 g/mol. The number of alkyl halides is 2. The van der Waals surface area contributed by atoms with Gasteiger partial charge in [-0.2, -0.15) is 13.9 Å². The Labute approximate surface area is 280 Å². The first-order valence-electron chi connectivity index (χ1n) is 15.6. The zero-order chi connectivity index (χ0) is 35.8. The number of benzene rings is 2. The molecule has 0 fully saturated rings. The van der Waals surface area contributed by atoms with Gasteiger partial charge in [-0.1, -0.05) is 32.9 Å². The Morgan fingerprint density at radius 1 is 1.06 bits per heavy atom. The lowest BCUT2D eigenvalue weighted by atomic mass is 10.00. The van der Waals surface area contributed by atoms with E-state index in [1.54, 1.807) is 52.0 Å². The summed E-state index contributed by atoms with van der Waals surface area (Å²) < 4.78 is 53.6. The Kier molecular flexibility index (Phi) is 10.4. The van der Waals surface area contributed by atoms with Crippen molar-refractivity contribution in [1.82, 2.24) is 24.6 Å². The highest BCUT2D eigenvalue weighted by molar-refractivity contribution is 6.74. The average Bonchev–Trinajstić information content (AvgIpc) is 3.00. The van der Waals surface area contributed by atoms with E-state index in [4.69, 9.17) is 4.43 Å². The van der Waals surface area contributed by atoms with Crippen LogP contribution >= 0.6 is 0 Å². The molecule has 1 N–H and O–H groups in total. The standard InChI is InChI=1S/C34H44F3N7O3Si/c1-21(24-12-11-13-26(31(24)35)34(36,37)20-47-48(9,10)33(3,4)5)38-32-25-18-23(14-15-27(25)39-22(2)40-32)43(8)28-16-17-29(45)44(41-28)19-30(46)42(6)7/h11-18,21H,19-20H2,1-10H3,(H,38,39,40)/t21-/m1/s1. The Bertz CT molecular complexity index is 1880. The molecule has 0 aliphatic heterocycles. The lowest BCUT2D eigenvalue weighted by molar-refractivity contribution is -0.129. The van der Waals surface area contributed by atoms with Crippen molar-refractivity contribution in [3.05, 3.63) is 81.7 Å². The maximum Gasteiger partial charge on any atom is 0.297 e. The third-order valence-electron chi connectivity index (χ3n) is 8.82. The molecule has 0 saturated carbocycles. The second-order valence-electron chi connectivity index (χ2n) is 13.7. The van der Waals surface area contributed by atoms with Crippen LogP contribution in [-0.4, -0.2) is 66.6 Å². The summed E-state index contributed by atoms with van der Waals surface area (Å²) in [5.74, 6) is -3.57. The van der Waals surface area contributed by atoms with Crippen molar-refractivity contribution in [2.75, 3.05) is 38.0 Å². The molecule has 0 bridgehead atoms. The van der Waals surface area contributed by atoms with Crippen molar-refractivity contribution in [2.45, 2.75) is 71.3 Å². The molecule has 0 aliphatic carbocycles. The summed E-state index contributed by atoms with van der Waals surface area (Å²) in [5, 5.41) is 7.91. The van der Waals surface area contributed by atoms with Crippen LogP contribution in [0, 0.1) is 12.7 Å². The van der Waals surface area contributed by atoms with Crippen molar-refractivity contribution in [3.63, 3.8) is 0 Å². The minimum atomic E-state index is -3.54. The molecule has 1 amide bonds. The molecule has 0 spiro atoms.